The molecular formula is C11H21N3O2. The molecule has 5 nitrogen and oxygen atoms in total. The molecule has 0 aromatic carbocycles. The molecule has 1 aliphatic carbocycles. The minimum absolute atomic E-state index is 0.00289. The summed E-state index contributed by atoms with van der Waals surface area (Å²) in [6, 6.07) is 0. The zero-order chi connectivity index (χ0) is 12.2. The van der Waals surface area contributed by atoms with E-state index in [0.717, 1.165) is 25.7 Å². The van der Waals surface area contributed by atoms with Gasteiger partial charge < -0.3 is 16.4 Å². The molecule has 1 fully saturated rings. The van der Waals surface area contributed by atoms with E-state index in [1.165, 1.54) is 4.90 Å². The van der Waals surface area contributed by atoms with Crippen molar-refractivity contribution >= 4 is 11.8 Å². The molecule has 0 aromatic heterocycles. The van der Waals surface area contributed by atoms with Gasteiger partial charge in [0, 0.05) is 13.1 Å². The molecule has 0 aromatic rings. The van der Waals surface area contributed by atoms with Gasteiger partial charge in [0.1, 0.15) is 0 Å². The summed E-state index contributed by atoms with van der Waals surface area (Å²) in [6.45, 7) is 2.71. The Morgan fingerprint density at radius 1 is 1.31 bits per heavy atom. The maximum absolute atomic E-state index is 12.3. The number of primary amides is 1. The Morgan fingerprint density at radius 3 is 2.25 bits per heavy atom. The van der Waals surface area contributed by atoms with Crippen molar-refractivity contribution in [2.75, 3.05) is 19.6 Å². The largest absolute Gasteiger partial charge is 0.368 e. The van der Waals surface area contributed by atoms with E-state index in [-0.39, 0.29) is 12.5 Å². The van der Waals surface area contributed by atoms with E-state index in [4.69, 9.17) is 11.5 Å². The van der Waals surface area contributed by atoms with Crippen LogP contribution in [-0.4, -0.2) is 36.3 Å². The number of carbonyl (C=O) groups excluding carboxylic acids is 2. The zero-order valence-corrected chi connectivity index (χ0v) is 9.87. The molecule has 5 heteroatoms. The van der Waals surface area contributed by atoms with Crippen molar-refractivity contribution in [3.63, 3.8) is 0 Å². The number of likely N-dealkylation sites (N-methyl/N-ethyl adjacent to an activating group) is 1. The molecule has 0 unspecified atom stereocenters. The summed E-state index contributed by atoms with van der Waals surface area (Å²) in [4.78, 5) is 24.7. The fourth-order valence-corrected chi connectivity index (χ4v) is 2.41. The first kappa shape index (κ1) is 13.0. The fourth-order valence-electron chi connectivity index (χ4n) is 2.41. The van der Waals surface area contributed by atoms with Gasteiger partial charge in [-0.15, -0.1) is 0 Å². The molecule has 1 rings (SSSR count). The van der Waals surface area contributed by atoms with Gasteiger partial charge in [-0.2, -0.15) is 0 Å². The highest BCUT2D eigenvalue weighted by Crippen LogP contribution is 2.38. The lowest BCUT2D eigenvalue weighted by Crippen LogP contribution is -2.49. The quantitative estimate of drug-likeness (QED) is 0.684. The van der Waals surface area contributed by atoms with Gasteiger partial charge in [-0.1, -0.05) is 12.8 Å². The van der Waals surface area contributed by atoms with Crippen molar-refractivity contribution in [2.45, 2.75) is 32.6 Å². The minimum Gasteiger partial charge on any atom is -0.368 e. The maximum Gasteiger partial charge on any atom is 0.237 e. The van der Waals surface area contributed by atoms with Gasteiger partial charge in [-0.3, -0.25) is 9.59 Å². The summed E-state index contributed by atoms with van der Waals surface area (Å²) in [5.74, 6) is -0.478. The lowest BCUT2D eigenvalue weighted by molar-refractivity contribution is -0.143. The van der Waals surface area contributed by atoms with Crippen molar-refractivity contribution in [2.24, 2.45) is 16.9 Å². The summed E-state index contributed by atoms with van der Waals surface area (Å²) in [7, 11) is 0. The van der Waals surface area contributed by atoms with E-state index in [9.17, 15) is 9.59 Å². The van der Waals surface area contributed by atoms with Gasteiger partial charge in [0.15, 0.2) is 0 Å². The van der Waals surface area contributed by atoms with Crippen LogP contribution in [0.4, 0.5) is 0 Å². The van der Waals surface area contributed by atoms with Gasteiger partial charge in [-0.25, -0.2) is 0 Å². The van der Waals surface area contributed by atoms with E-state index in [2.05, 4.69) is 0 Å². The first-order valence-electron chi connectivity index (χ1n) is 5.83. The molecule has 0 spiro atoms. The van der Waals surface area contributed by atoms with Crippen LogP contribution in [0, 0.1) is 5.41 Å². The molecule has 92 valence electrons. The third kappa shape index (κ3) is 2.52. The van der Waals surface area contributed by atoms with Crippen molar-refractivity contribution in [3.05, 3.63) is 0 Å². The lowest BCUT2D eigenvalue weighted by atomic mass is 9.84. The molecule has 16 heavy (non-hydrogen) atoms. The number of rotatable bonds is 5. The second kappa shape index (κ2) is 5.30. The molecule has 1 aliphatic rings. The van der Waals surface area contributed by atoms with Crippen LogP contribution < -0.4 is 11.5 Å². The molecule has 2 amide bonds. The van der Waals surface area contributed by atoms with Gasteiger partial charge >= 0.3 is 0 Å². The highest BCUT2D eigenvalue weighted by atomic mass is 16.2. The summed E-state index contributed by atoms with van der Waals surface area (Å²) < 4.78 is 0. The van der Waals surface area contributed by atoms with Gasteiger partial charge in [-0.05, 0) is 19.8 Å². The normalized spacial score (nSPS) is 18.4. The van der Waals surface area contributed by atoms with Gasteiger partial charge in [0.05, 0.1) is 12.0 Å². The molecule has 4 N–H and O–H groups in total. The smallest absolute Gasteiger partial charge is 0.237 e. The number of nitrogens with zero attached hydrogens (tertiary/aromatic N) is 1. The summed E-state index contributed by atoms with van der Waals surface area (Å²) in [5.41, 5.74) is 10.4. The van der Waals surface area contributed by atoms with Crippen LogP contribution >= 0.6 is 0 Å². The summed E-state index contributed by atoms with van der Waals surface area (Å²) >= 11 is 0. The number of amides is 2. The molecule has 0 saturated heterocycles. The zero-order valence-electron chi connectivity index (χ0n) is 9.87. The molecule has 0 atom stereocenters. The number of hydrogen-bond acceptors (Lipinski definition) is 3. The average molecular weight is 227 g/mol. The van der Waals surface area contributed by atoms with Gasteiger partial charge in [0.2, 0.25) is 11.8 Å². The van der Waals surface area contributed by atoms with Gasteiger partial charge in [0.25, 0.3) is 0 Å². The van der Waals surface area contributed by atoms with Crippen LogP contribution in [0.1, 0.15) is 32.6 Å². The average Bonchev–Trinajstić information content (AvgIpc) is 2.74. The number of carbonyl (C=O) groups is 2. The molecule has 0 heterocycles. The molecule has 0 bridgehead atoms. The third-order valence-corrected chi connectivity index (χ3v) is 3.42. The Labute approximate surface area is 96.1 Å². The van der Waals surface area contributed by atoms with Crippen molar-refractivity contribution in [1.29, 1.82) is 0 Å². The van der Waals surface area contributed by atoms with Crippen LogP contribution in [0.2, 0.25) is 0 Å². The van der Waals surface area contributed by atoms with Crippen LogP contribution in [0.3, 0.4) is 0 Å². The predicted molar refractivity (Wildman–Crippen MR) is 61.4 cm³/mol. The van der Waals surface area contributed by atoms with E-state index in [1.54, 1.807) is 0 Å². The summed E-state index contributed by atoms with van der Waals surface area (Å²) in [5, 5.41) is 0. The molecule has 1 saturated carbocycles. The van der Waals surface area contributed by atoms with E-state index >= 15 is 0 Å². The van der Waals surface area contributed by atoms with Crippen LogP contribution in [-0.2, 0) is 9.59 Å². The Bertz CT molecular complexity index is 272. The topological polar surface area (TPSA) is 89.4 Å². The third-order valence-electron chi connectivity index (χ3n) is 3.42. The lowest BCUT2D eigenvalue weighted by Gasteiger charge is -2.32. The van der Waals surface area contributed by atoms with Crippen LogP contribution in [0.5, 0.6) is 0 Å². The summed E-state index contributed by atoms with van der Waals surface area (Å²) in [6.07, 6.45) is 3.74. The predicted octanol–water partition coefficient (Wildman–Crippen LogP) is -0.161. The van der Waals surface area contributed by atoms with Crippen molar-refractivity contribution in [1.82, 2.24) is 4.90 Å². The van der Waals surface area contributed by atoms with Crippen molar-refractivity contribution in [3.8, 4) is 0 Å². The second-order valence-electron chi connectivity index (χ2n) is 4.48. The van der Waals surface area contributed by atoms with Crippen molar-refractivity contribution < 1.29 is 9.59 Å². The maximum atomic E-state index is 12.3. The Morgan fingerprint density at radius 2 is 1.88 bits per heavy atom. The minimum atomic E-state index is -0.472. The Hall–Kier alpha value is -1.10. The molecular weight excluding hydrogens is 206 g/mol. The van der Waals surface area contributed by atoms with Crippen LogP contribution in [0.15, 0.2) is 0 Å². The first-order valence-corrected chi connectivity index (χ1v) is 5.83. The van der Waals surface area contributed by atoms with Crippen LogP contribution in [0.25, 0.3) is 0 Å². The standard InChI is InChI=1S/C11H21N3O2/c1-2-14(7-9(13)15)10(16)11(8-12)5-3-4-6-11/h2-8,12H2,1H3,(H2,13,15). The highest BCUT2D eigenvalue weighted by Gasteiger charge is 2.42. The highest BCUT2D eigenvalue weighted by molar-refractivity contribution is 5.87. The fraction of sp³-hybridized carbons (Fsp3) is 0.818. The number of nitrogens with two attached hydrogens (primary N) is 2. The Balaban J connectivity index is 2.76. The van der Waals surface area contributed by atoms with E-state index < -0.39 is 11.3 Å². The van der Waals surface area contributed by atoms with E-state index in [1.807, 2.05) is 6.92 Å². The second-order valence-corrected chi connectivity index (χ2v) is 4.48. The monoisotopic (exact) mass is 227 g/mol. The van der Waals surface area contributed by atoms with E-state index in [0.29, 0.717) is 13.1 Å². The number of hydrogen-bond donors (Lipinski definition) is 2. The Kier molecular flexibility index (Phi) is 4.29. The molecule has 0 radical (unpaired) electrons. The first-order chi connectivity index (χ1) is 7.55. The SMILES string of the molecule is CCN(CC(N)=O)C(=O)C1(CN)CCCC1. The molecule has 0 aliphatic heterocycles.